The summed E-state index contributed by atoms with van der Waals surface area (Å²) in [5.41, 5.74) is 4.09. The van der Waals surface area contributed by atoms with Crippen molar-refractivity contribution in [2.24, 2.45) is 0 Å². The Morgan fingerprint density at radius 3 is 2.56 bits per heavy atom. The van der Waals surface area contributed by atoms with Crippen molar-refractivity contribution in [3.05, 3.63) is 86.8 Å². The van der Waals surface area contributed by atoms with E-state index < -0.39 is 0 Å². The topological polar surface area (TPSA) is 81.3 Å². The summed E-state index contributed by atoms with van der Waals surface area (Å²) < 4.78 is 17.2. The van der Waals surface area contributed by atoms with E-state index in [4.69, 9.17) is 0 Å². The smallest absolute Gasteiger partial charge is 0.273 e. The van der Waals surface area contributed by atoms with Crippen molar-refractivity contribution in [2.45, 2.75) is 25.5 Å². The number of fused-ring (bicyclic) bond motifs is 3. The zero-order chi connectivity index (χ0) is 23.8. The van der Waals surface area contributed by atoms with E-state index in [9.17, 15) is 14.0 Å². The summed E-state index contributed by atoms with van der Waals surface area (Å²) in [6.07, 6.45) is 0. The second-order valence-electron chi connectivity index (χ2n) is 7.87. The standard InChI is InChI=1S/C24H20FN5O2S2/c1-14-4-3-5-15(2)20(14)26-19(31)13-34-24-28-27-23-29(12-16-6-8-17(25)9-7-16)22(32)21-18(30(23)24)10-11-33-21/h3-11H,12-13H2,1-2H3,(H,26,31). The third-order valence-corrected chi connectivity index (χ3v) is 7.33. The average Bonchev–Trinajstić information content (AvgIpc) is 3.46. The molecule has 1 N–H and O–H groups in total. The second kappa shape index (κ2) is 9.03. The molecule has 0 radical (unpaired) electrons. The molecule has 172 valence electrons. The number of nitrogens with zero attached hydrogens (tertiary/aromatic N) is 4. The van der Waals surface area contributed by atoms with E-state index >= 15 is 0 Å². The number of anilines is 1. The van der Waals surface area contributed by atoms with E-state index in [1.807, 2.05) is 43.5 Å². The first-order valence-corrected chi connectivity index (χ1v) is 12.4. The monoisotopic (exact) mass is 493 g/mol. The molecule has 34 heavy (non-hydrogen) atoms. The van der Waals surface area contributed by atoms with Crippen molar-refractivity contribution in [2.75, 3.05) is 11.1 Å². The number of aromatic nitrogens is 4. The van der Waals surface area contributed by atoms with Gasteiger partial charge in [0.2, 0.25) is 11.7 Å². The maximum Gasteiger partial charge on any atom is 0.273 e. The molecule has 0 saturated carbocycles. The highest BCUT2D eigenvalue weighted by Crippen LogP contribution is 2.25. The molecule has 0 fully saturated rings. The molecular weight excluding hydrogens is 473 g/mol. The van der Waals surface area contributed by atoms with Crippen LogP contribution in [0.3, 0.4) is 0 Å². The first kappa shape index (κ1) is 22.3. The van der Waals surface area contributed by atoms with E-state index in [0.717, 1.165) is 22.4 Å². The number of carbonyl (C=O) groups excluding carboxylic acids is 1. The van der Waals surface area contributed by atoms with E-state index in [2.05, 4.69) is 15.5 Å². The van der Waals surface area contributed by atoms with Crippen molar-refractivity contribution < 1.29 is 9.18 Å². The normalized spacial score (nSPS) is 11.4. The molecule has 3 heterocycles. The van der Waals surface area contributed by atoms with Gasteiger partial charge in [-0.3, -0.25) is 18.6 Å². The highest BCUT2D eigenvalue weighted by molar-refractivity contribution is 7.99. The molecule has 10 heteroatoms. The zero-order valence-electron chi connectivity index (χ0n) is 18.4. The lowest BCUT2D eigenvalue weighted by atomic mass is 10.1. The van der Waals surface area contributed by atoms with Gasteiger partial charge in [0.1, 0.15) is 10.5 Å². The number of thioether (sulfide) groups is 1. The first-order chi connectivity index (χ1) is 16.4. The van der Waals surface area contributed by atoms with Gasteiger partial charge in [0.05, 0.1) is 17.8 Å². The summed E-state index contributed by atoms with van der Waals surface area (Å²) in [5.74, 6) is 0.0191. The summed E-state index contributed by atoms with van der Waals surface area (Å²) in [6, 6.07) is 13.7. The van der Waals surface area contributed by atoms with Gasteiger partial charge in [-0.1, -0.05) is 42.1 Å². The fraction of sp³-hybridized carbons (Fsp3) is 0.167. The van der Waals surface area contributed by atoms with E-state index in [1.165, 1.54) is 39.8 Å². The Kier molecular flexibility index (Phi) is 5.93. The van der Waals surface area contributed by atoms with Gasteiger partial charge in [0, 0.05) is 5.69 Å². The largest absolute Gasteiger partial charge is 0.325 e. The van der Waals surface area contributed by atoms with Crippen LogP contribution in [0.4, 0.5) is 10.1 Å². The predicted octanol–water partition coefficient (Wildman–Crippen LogP) is 4.64. The minimum absolute atomic E-state index is 0.136. The fourth-order valence-corrected chi connectivity index (χ4v) is 5.39. The summed E-state index contributed by atoms with van der Waals surface area (Å²) >= 11 is 2.59. The fourth-order valence-electron chi connectivity index (χ4n) is 3.83. The highest BCUT2D eigenvalue weighted by atomic mass is 32.2. The van der Waals surface area contributed by atoms with Crippen LogP contribution in [0.2, 0.25) is 0 Å². The van der Waals surface area contributed by atoms with Gasteiger partial charge < -0.3 is 5.32 Å². The summed E-state index contributed by atoms with van der Waals surface area (Å²) in [5, 5.41) is 13.9. The number of hydrogen-bond donors (Lipinski definition) is 1. The number of aryl methyl sites for hydroxylation is 2. The zero-order valence-corrected chi connectivity index (χ0v) is 20.0. The highest BCUT2D eigenvalue weighted by Gasteiger charge is 2.19. The number of para-hydroxylation sites is 1. The minimum atomic E-state index is -0.338. The van der Waals surface area contributed by atoms with Gasteiger partial charge in [-0.05, 0) is 54.1 Å². The van der Waals surface area contributed by atoms with Crippen LogP contribution >= 0.6 is 23.1 Å². The van der Waals surface area contributed by atoms with Gasteiger partial charge in [0.15, 0.2) is 5.16 Å². The second-order valence-corrected chi connectivity index (χ2v) is 9.73. The van der Waals surface area contributed by atoms with Crippen LogP contribution in [0.1, 0.15) is 16.7 Å². The van der Waals surface area contributed by atoms with Gasteiger partial charge in [-0.15, -0.1) is 21.5 Å². The van der Waals surface area contributed by atoms with Crippen LogP contribution < -0.4 is 10.9 Å². The number of halogens is 1. The summed E-state index contributed by atoms with van der Waals surface area (Å²) in [6.45, 7) is 4.14. The number of amides is 1. The Bertz CT molecular complexity index is 1570. The van der Waals surface area contributed by atoms with E-state index in [0.29, 0.717) is 21.2 Å². The molecule has 3 aromatic heterocycles. The number of hydrogen-bond acceptors (Lipinski definition) is 6. The predicted molar refractivity (Wildman–Crippen MR) is 133 cm³/mol. The molecule has 0 spiro atoms. The molecule has 5 rings (SSSR count). The van der Waals surface area contributed by atoms with Crippen LogP contribution in [0, 0.1) is 19.7 Å². The maximum atomic E-state index is 13.3. The third kappa shape index (κ3) is 4.10. The van der Waals surface area contributed by atoms with Crippen LogP contribution in [-0.4, -0.2) is 30.8 Å². The number of carbonyl (C=O) groups is 1. The Morgan fingerprint density at radius 2 is 1.82 bits per heavy atom. The molecule has 0 atom stereocenters. The molecule has 7 nitrogen and oxygen atoms in total. The molecule has 0 bridgehead atoms. The molecule has 2 aromatic carbocycles. The lowest BCUT2D eigenvalue weighted by Gasteiger charge is -2.11. The Morgan fingerprint density at radius 1 is 1.09 bits per heavy atom. The van der Waals surface area contributed by atoms with Gasteiger partial charge in [0.25, 0.3) is 5.56 Å². The van der Waals surface area contributed by atoms with Gasteiger partial charge >= 0.3 is 0 Å². The summed E-state index contributed by atoms with van der Waals surface area (Å²) in [4.78, 5) is 25.8. The average molecular weight is 494 g/mol. The van der Waals surface area contributed by atoms with Crippen LogP contribution in [0.25, 0.3) is 16.0 Å². The molecule has 0 aliphatic rings. The van der Waals surface area contributed by atoms with Crippen molar-refractivity contribution in [1.29, 1.82) is 0 Å². The lowest BCUT2D eigenvalue weighted by Crippen LogP contribution is -2.23. The minimum Gasteiger partial charge on any atom is -0.325 e. The van der Waals surface area contributed by atoms with Crippen molar-refractivity contribution in [3.63, 3.8) is 0 Å². The number of thiophene rings is 1. The van der Waals surface area contributed by atoms with Crippen molar-refractivity contribution >= 4 is 50.7 Å². The van der Waals surface area contributed by atoms with Gasteiger partial charge in [-0.25, -0.2) is 4.39 Å². The molecule has 0 aliphatic heterocycles. The van der Waals surface area contributed by atoms with Gasteiger partial charge in [-0.2, -0.15) is 0 Å². The lowest BCUT2D eigenvalue weighted by molar-refractivity contribution is -0.113. The quantitative estimate of drug-likeness (QED) is 0.349. The Balaban J connectivity index is 1.47. The van der Waals surface area contributed by atoms with Crippen LogP contribution in [-0.2, 0) is 11.3 Å². The van der Waals surface area contributed by atoms with Crippen molar-refractivity contribution in [3.8, 4) is 0 Å². The Hall–Kier alpha value is -3.50. The third-order valence-electron chi connectivity index (χ3n) is 5.51. The first-order valence-electron chi connectivity index (χ1n) is 10.5. The SMILES string of the molecule is Cc1cccc(C)c1NC(=O)CSc1nnc2n(Cc3ccc(F)cc3)c(=O)c3sccc3n12. The number of benzene rings is 2. The number of rotatable bonds is 6. The van der Waals surface area contributed by atoms with E-state index in [1.54, 1.807) is 16.5 Å². The molecule has 0 saturated heterocycles. The Labute approximate surface area is 202 Å². The molecule has 1 amide bonds. The molecular formula is C24H20FN5O2S2. The molecule has 5 aromatic rings. The molecule has 0 aliphatic carbocycles. The number of nitrogens with one attached hydrogen (secondary N) is 1. The van der Waals surface area contributed by atoms with Crippen molar-refractivity contribution in [1.82, 2.24) is 19.2 Å². The van der Waals surface area contributed by atoms with Crippen LogP contribution in [0.15, 0.2) is 63.9 Å². The summed E-state index contributed by atoms with van der Waals surface area (Å²) in [7, 11) is 0. The maximum absolute atomic E-state index is 13.3. The van der Waals surface area contributed by atoms with Crippen LogP contribution in [0.5, 0.6) is 0 Å². The molecule has 0 unspecified atom stereocenters. The van der Waals surface area contributed by atoms with E-state index in [-0.39, 0.29) is 29.6 Å².